The Labute approximate surface area is 62.3 Å². The maximum absolute atomic E-state index is 5.07. The molecule has 0 bridgehead atoms. The van der Waals surface area contributed by atoms with Crippen LogP contribution in [-0.2, 0) is 4.74 Å². The first kappa shape index (κ1) is 7.58. The van der Waals surface area contributed by atoms with Gasteiger partial charge in [0.15, 0.2) is 5.90 Å². The number of hydrogen-bond acceptors (Lipinski definition) is 2. The van der Waals surface area contributed by atoms with Gasteiger partial charge in [-0.3, -0.25) is 4.99 Å². The molecule has 0 aliphatic carbocycles. The van der Waals surface area contributed by atoms with E-state index in [1.54, 1.807) is 7.11 Å². The van der Waals surface area contributed by atoms with Crippen molar-refractivity contribution in [2.24, 2.45) is 10.9 Å². The molecule has 1 aliphatic heterocycles. The summed E-state index contributed by atoms with van der Waals surface area (Å²) in [6.45, 7) is 3.22. The van der Waals surface area contributed by atoms with Gasteiger partial charge in [0.1, 0.15) is 0 Å². The maximum Gasteiger partial charge on any atom is 0.182 e. The summed E-state index contributed by atoms with van der Waals surface area (Å²) in [7, 11) is 1.70. The Bertz CT molecular complexity index is 131. The van der Waals surface area contributed by atoms with E-state index in [-0.39, 0.29) is 0 Å². The first-order chi connectivity index (χ1) is 4.83. The van der Waals surface area contributed by atoms with Gasteiger partial charge in [0.05, 0.1) is 7.11 Å². The van der Waals surface area contributed by atoms with Crippen molar-refractivity contribution >= 4 is 5.90 Å². The lowest BCUT2D eigenvalue weighted by atomic mass is 10.0. The fourth-order valence-corrected chi connectivity index (χ4v) is 1.17. The third-order valence-electron chi connectivity index (χ3n) is 2.00. The fourth-order valence-electron chi connectivity index (χ4n) is 1.17. The van der Waals surface area contributed by atoms with E-state index in [2.05, 4.69) is 11.9 Å². The number of methoxy groups -OCH3 is 1. The predicted molar refractivity (Wildman–Crippen MR) is 42.3 cm³/mol. The molecule has 1 unspecified atom stereocenters. The highest BCUT2D eigenvalue weighted by Crippen LogP contribution is 2.14. The molecule has 1 rings (SSSR count). The molecule has 0 amide bonds. The van der Waals surface area contributed by atoms with Crippen LogP contribution in [0.1, 0.15) is 26.2 Å². The number of aliphatic imine (C=N–C) groups is 1. The molecule has 1 atom stereocenters. The Morgan fingerprint density at radius 2 is 2.30 bits per heavy atom. The largest absolute Gasteiger partial charge is 0.484 e. The van der Waals surface area contributed by atoms with Gasteiger partial charge in [0.25, 0.3) is 0 Å². The summed E-state index contributed by atoms with van der Waals surface area (Å²) in [5.41, 5.74) is 0. The molecular formula is C8H15NO. The summed E-state index contributed by atoms with van der Waals surface area (Å²) < 4.78 is 5.07. The summed E-state index contributed by atoms with van der Waals surface area (Å²) in [4.78, 5) is 4.29. The van der Waals surface area contributed by atoms with Crippen LogP contribution < -0.4 is 0 Å². The average molecular weight is 141 g/mol. The zero-order chi connectivity index (χ0) is 7.40. The third kappa shape index (κ3) is 2.01. The average Bonchev–Trinajstić information content (AvgIpc) is 2.14. The van der Waals surface area contributed by atoms with Crippen molar-refractivity contribution < 1.29 is 4.74 Å². The van der Waals surface area contributed by atoms with Crippen LogP contribution in [0.4, 0.5) is 0 Å². The van der Waals surface area contributed by atoms with Crippen LogP contribution >= 0.6 is 0 Å². The van der Waals surface area contributed by atoms with Gasteiger partial charge in [0.2, 0.25) is 0 Å². The molecule has 0 aromatic rings. The van der Waals surface area contributed by atoms with Gasteiger partial charge in [-0.1, -0.05) is 6.92 Å². The summed E-state index contributed by atoms with van der Waals surface area (Å²) in [5.74, 6) is 1.75. The number of ether oxygens (including phenoxy) is 1. The van der Waals surface area contributed by atoms with Crippen molar-refractivity contribution in [1.29, 1.82) is 0 Å². The Kier molecular flexibility index (Phi) is 2.72. The topological polar surface area (TPSA) is 21.6 Å². The Morgan fingerprint density at radius 1 is 1.50 bits per heavy atom. The van der Waals surface area contributed by atoms with E-state index >= 15 is 0 Å². The molecule has 0 spiro atoms. The molecule has 0 saturated carbocycles. The van der Waals surface area contributed by atoms with Crippen LogP contribution in [0.2, 0.25) is 0 Å². The first-order valence-corrected chi connectivity index (χ1v) is 3.90. The number of hydrogen-bond donors (Lipinski definition) is 0. The molecule has 2 nitrogen and oxygen atoms in total. The molecule has 0 aromatic heterocycles. The molecule has 1 aliphatic rings. The van der Waals surface area contributed by atoms with Gasteiger partial charge >= 0.3 is 0 Å². The Balaban J connectivity index is 2.40. The van der Waals surface area contributed by atoms with E-state index in [4.69, 9.17) is 4.74 Å². The standard InChI is InChI=1S/C8H15NO/c1-7-3-4-8(10-2)9-6-5-7/h7H,3-6H2,1-2H3. The molecular weight excluding hydrogens is 126 g/mol. The number of rotatable bonds is 0. The highest BCUT2D eigenvalue weighted by Gasteiger charge is 2.08. The molecule has 58 valence electrons. The maximum atomic E-state index is 5.07. The van der Waals surface area contributed by atoms with Crippen molar-refractivity contribution in [2.45, 2.75) is 26.2 Å². The Morgan fingerprint density at radius 3 is 3.00 bits per heavy atom. The second kappa shape index (κ2) is 3.59. The molecule has 2 heteroatoms. The van der Waals surface area contributed by atoms with Crippen molar-refractivity contribution in [2.75, 3.05) is 13.7 Å². The van der Waals surface area contributed by atoms with E-state index in [1.807, 2.05) is 0 Å². The van der Waals surface area contributed by atoms with Crippen LogP contribution in [0.25, 0.3) is 0 Å². The minimum absolute atomic E-state index is 0.816. The van der Waals surface area contributed by atoms with Gasteiger partial charge in [-0.05, 0) is 18.8 Å². The highest BCUT2D eigenvalue weighted by atomic mass is 16.5. The first-order valence-electron chi connectivity index (χ1n) is 3.90. The molecule has 0 radical (unpaired) electrons. The monoisotopic (exact) mass is 141 g/mol. The van der Waals surface area contributed by atoms with Crippen molar-refractivity contribution in [1.82, 2.24) is 0 Å². The van der Waals surface area contributed by atoms with Gasteiger partial charge < -0.3 is 4.74 Å². The fraction of sp³-hybridized carbons (Fsp3) is 0.875. The zero-order valence-corrected chi connectivity index (χ0v) is 6.76. The normalized spacial score (nSPS) is 27.0. The second-order valence-electron chi connectivity index (χ2n) is 2.91. The smallest absolute Gasteiger partial charge is 0.182 e. The van der Waals surface area contributed by atoms with Crippen LogP contribution in [-0.4, -0.2) is 19.6 Å². The summed E-state index contributed by atoms with van der Waals surface area (Å²) in [6, 6.07) is 0. The lowest BCUT2D eigenvalue weighted by molar-refractivity contribution is 0.385. The van der Waals surface area contributed by atoms with E-state index in [9.17, 15) is 0 Å². The van der Waals surface area contributed by atoms with Gasteiger partial charge in [-0.15, -0.1) is 0 Å². The van der Waals surface area contributed by atoms with Crippen LogP contribution in [0.5, 0.6) is 0 Å². The summed E-state index contributed by atoms with van der Waals surface area (Å²) >= 11 is 0. The van der Waals surface area contributed by atoms with Crippen molar-refractivity contribution in [3.8, 4) is 0 Å². The third-order valence-corrected chi connectivity index (χ3v) is 2.00. The molecule has 1 heterocycles. The Hall–Kier alpha value is -0.530. The van der Waals surface area contributed by atoms with E-state index in [0.717, 1.165) is 24.8 Å². The van der Waals surface area contributed by atoms with Crippen LogP contribution in [0, 0.1) is 5.92 Å². The van der Waals surface area contributed by atoms with Gasteiger partial charge in [-0.2, -0.15) is 0 Å². The summed E-state index contributed by atoms with van der Waals surface area (Å²) in [5, 5.41) is 0. The molecule has 0 fully saturated rings. The van der Waals surface area contributed by atoms with Gasteiger partial charge in [0, 0.05) is 13.0 Å². The summed E-state index contributed by atoms with van der Waals surface area (Å²) in [6.07, 6.45) is 3.47. The lowest BCUT2D eigenvalue weighted by Crippen LogP contribution is -2.00. The molecule has 0 N–H and O–H groups in total. The lowest BCUT2D eigenvalue weighted by Gasteiger charge is -2.03. The van der Waals surface area contributed by atoms with E-state index < -0.39 is 0 Å². The predicted octanol–water partition coefficient (Wildman–Crippen LogP) is 1.85. The molecule has 0 aromatic carbocycles. The second-order valence-corrected chi connectivity index (χ2v) is 2.91. The van der Waals surface area contributed by atoms with Crippen LogP contribution in [0.15, 0.2) is 4.99 Å². The molecule has 10 heavy (non-hydrogen) atoms. The SMILES string of the molecule is COC1=NCCC(C)CC1. The zero-order valence-electron chi connectivity index (χ0n) is 6.76. The van der Waals surface area contributed by atoms with E-state index in [1.165, 1.54) is 12.8 Å². The van der Waals surface area contributed by atoms with Crippen molar-refractivity contribution in [3.63, 3.8) is 0 Å². The highest BCUT2D eigenvalue weighted by molar-refractivity contribution is 5.76. The number of nitrogens with zero attached hydrogens (tertiary/aromatic N) is 1. The van der Waals surface area contributed by atoms with Crippen molar-refractivity contribution in [3.05, 3.63) is 0 Å². The molecule has 0 saturated heterocycles. The quantitative estimate of drug-likeness (QED) is 0.504. The van der Waals surface area contributed by atoms with E-state index in [0.29, 0.717) is 0 Å². The minimum atomic E-state index is 0.816. The van der Waals surface area contributed by atoms with Gasteiger partial charge in [-0.25, -0.2) is 0 Å². The van der Waals surface area contributed by atoms with Crippen LogP contribution in [0.3, 0.4) is 0 Å². The minimum Gasteiger partial charge on any atom is -0.484 e.